The third-order valence-electron chi connectivity index (χ3n) is 5.09. The van der Waals surface area contributed by atoms with Crippen LogP contribution in [0.15, 0.2) is 88.9 Å². The normalized spacial score (nSPS) is 10.9. The Hall–Kier alpha value is -4.27. The number of amides is 1. The molecule has 2 N–H and O–H groups in total. The number of aryl methyl sites for hydroxylation is 1. The lowest BCUT2D eigenvalue weighted by Gasteiger charge is -2.09. The van der Waals surface area contributed by atoms with Gasteiger partial charge in [-0.25, -0.2) is 28.1 Å². The van der Waals surface area contributed by atoms with Gasteiger partial charge in [-0.1, -0.05) is 30.3 Å². The van der Waals surface area contributed by atoms with Crippen LogP contribution in [0.5, 0.6) is 0 Å². The highest BCUT2D eigenvalue weighted by Crippen LogP contribution is 2.26. The molecule has 0 saturated heterocycles. The summed E-state index contributed by atoms with van der Waals surface area (Å²) in [6, 6.07) is 22.8. The minimum absolute atomic E-state index is 0.0135. The van der Waals surface area contributed by atoms with Crippen molar-refractivity contribution in [3.05, 3.63) is 90.3 Å². The highest BCUT2D eigenvalue weighted by atomic mass is 32.2. The first-order valence-electron chi connectivity index (χ1n) is 11.2. The van der Waals surface area contributed by atoms with Crippen LogP contribution < -0.4 is 10.0 Å². The van der Waals surface area contributed by atoms with Crippen molar-refractivity contribution < 1.29 is 13.2 Å². The molecule has 2 aromatic heterocycles. The van der Waals surface area contributed by atoms with Crippen molar-refractivity contribution in [2.75, 3.05) is 15.8 Å². The van der Waals surface area contributed by atoms with Crippen LogP contribution in [0.4, 0.5) is 11.6 Å². The van der Waals surface area contributed by atoms with Gasteiger partial charge in [0.1, 0.15) is 11.1 Å². The molecule has 9 nitrogen and oxygen atoms in total. The molecular weight excluding hydrogens is 508 g/mol. The van der Waals surface area contributed by atoms with Crippen LogP contribution in [-0.4, -0.2) is 35.0 Å². The molecule has 0 unspecified atom stereocenters. The zero-order valence-electron chi connectivity index (χ0n) is 19.7. The molecule has 37 heavy (non-hydrogen) atoms. The number of carbonyl (C=O) groups excluding carboxylic acids is 1. The molecule has 0 saturated carbocycles. The molecule has 0 radical (unpaired) electrons. The molecular formula is C26H22N6O3S2. The molecule has 11 heteroatoms. The number of aromatic nitrogens is 3. The van der Waals surface area contributed by atoms with E-state index in [0.717, 1.165) is 11.3 Å². The van der Waals surface area contributed by atoms with Gasteiger partial charge < -0.3 is 5.32 Å². The van der Waals surface area contributed by atoms with E-state index >= 15 is 0 Å². The monoisotopic (exact) mass is 530 g/mol. The molecule has 0 aliphatic carbocycles. The average Bonchev–Trinajstić information content (AvgIpc) is 2.89. The highest BCUT2D eigenvalue weighted by Gasteiger charge is 2.16. The molecule has 2 heterocycles. The number of thioether (sulfide) groups is 1. The van der Waals surface area contributed by atoms with Gasteiger partial charge in [0.15, 0.2) is 0 Å². The second kappa shape index (κ2) is 11.6. The number of nitriles is 1. The Morgan fingerprint density at radius 1 is 1.00 bits per heavy atom. The van der Waals surface area contributed by atoms with Gasteiger partial charge in [0.25, 0.3) is 10.0 Å². The van der Waals surface area contributed by atoms with Crippen molar-refractivity contribution in [1.82, 2.24) is 15.0 Å². The predicted molar refractivity (Wildman–Crippen MR) is 142 cm³/mol. The second-order valence-electron chi connectivity index (χ2n) is 7.83. The van der Waals surface area contributed by atoms with Gasteiger partial charge in [0.05, 0.1) is 16.2 Å². The number of carbonyl (C=O) groups is 1. The molecule has 0 atom stereocenters. The molecule has 0 aliphatic rings. The van der Waals surface area contributed by atoms with Crippen molar-refractivity contribution >= 4 is 39.3 Å². The van der Waals surface area contributed by atoms with Gasteiger partial charge in [-0.15, -0.1) is 11.8 Å². The lowest BCUT2D eigenvalue weighted by molar-refractivity contribution is -0.115. The Balaban J connectivity index is 1.33. The molecule has 186 valence electrons. The summed E-state index contributed by atoms with van der Waals surface area (Å²) in [4.78, 5) is 25.0. The molecule has 2 aromatic carbocycles. The Bertz CT molecular complexity index is 1550. The van der Waals surface area contributed by atoms with E-state index in [9.17, 15) is 18.5 Å². The van der Waals surface area contributed by atoms with E-state index in [4.69, 9.17) is 0 Å². The number of sulfonamides is 1. The van der Waals surface area contributed by atoms with Crippen molar-refractivity contribution in [3.63, 3.8) is 0 Å². The first-order chi connectivity index (χ1) is 17.8. The molecule has 0 aliphatic heterocycles. The average molecular weight is 531 g/mol. The Morgan fingerprint density at radius 3 is 2.46 bits per heavy atom. The van der Waals surface area contributed by atoms with Crippen LogP contribution in [0.25, 0.3) is 11.3 Å². The number of rotatable bonds is 9. The largest absolute Gasteiger partial charge is 0.326 e. The summed E-state index contributed by atoms with van der Waals surface area (Å²) in [5, 5.41) is 12.7. The van der Waals surface area contributed by atoms with Crippen LogP contribution in [0.1, 0.15) is 17.7 Å². The van der Waals surface area contributed by atoms with Gasteiger partial charge in [0, 0.05) is 35.3 Å². The molecule has 0 fully saturated rings. The fraction of sp³-hybridized carbons (Fsp3) is 0.115. The quantitative estimate of drug-likeness (QED) is 0.299. The van der Waals surface area contributed by atoms with E-state index in [1.54, 1.807) is 25.1 Å². The maximum atomic E-state index is 12.6. The smallest absolute Gasteiger partial charge is 0.264 e. The van der Waals surface area contributed by atoms with Gasteiger partial charge in [-0.3, -0.25) is 4.79 Å². The topological polar surface area (TPSA) is 138 Å². The molecule has 1 amide bonds. The maximum absolute atomic E-state index is 12.6. The van der Waals surface area contributed by atoms with Gasteiger partial charge in [0.2, 0.25) is 11.9 Å². The summed E-state index contributed by atoms with van der Waals surface area (Å²) in [6.45, 7) is 1.73. The first-order valence-corrected chi connectivity index (χ1v) is 13.6. The zero-order valence-corrected chi connectivity index (χ0v) is 21.4. The number of pyridine rings is 1. The second-order valence-corrected chi connectivity index (χ2v) is 10.6. The summed E-state index contributed by atoms with van der Waals surface area (Å²) in [6.07, 6.45) is 1.65. The standard InChI is InChI=1S/C26H22N6O3S2/c1-18-13-15-28-26(29-18)32-37(34,35)22-10-8-21(9-11-22)30-24(33)14-16-36-25-20(17-27)7-12-23(31-25)19-5-3-2-4-6-19/h2-13,15H,14,16H2,1H3,(H,30,33)(H,28,29,32). The molecule has 4 rings (SSSR count). The summed E-state index contributed by atoms with van der Waals surface area (Å²) in [5.41, 5.74) is 3.24. The molecule has 0 bridgehead atoms. The van der Waals surface area contributed by atoms with Gasteiger partial charge in [-0.2, -0.15) is 5.26 Å². The molecule has 0 spiro atoms. The van der Waals surface area contributed by atoms with Crippen LogP contribution in [-0.2, 0) is 14.8 Å². The minimum atomic E-state index is -3.87. The first kappa shape index (κ1) is 25.8. The van der Waals surface area contributed by atoms with Crippen molar-refractivity contribution in [2.45, 2.75) is 23.3 Å². The minimum Gasteiger partial charge on any atom is -0.326 e. The van der Waals surface area contributed by atoms with E-state index in [1.165, 1.54) is 42.2 Å². The number of nitrogens with zero attached hydrogens (tertiary/aromatic N) is 4. The van der Waals surface area contributed by atoms with Crippen molar-refractivity contribution in [3.8, 4) is 17.3 Å². The van der Waals surface area contributed by atoms with E-state index in [1.807, 2.05) is 30.3 Å². The summed E-state index contributed by atoms with van der Waals surface area (Å²) >= 11 is 1.33. The lowest BCUT2D eigenvalue weighted by atomic mass is 10.1. The fourth-order valence-corrected chi connectivity index (χ4v) is 5.13. The van der Waals surface area contributed by atoms with E-state index in [-0.39, 0.29) is 23.2 Å². The zero-order chi connectivity index (χ0) is 26.3. The number of nitrogens with one attached hydrogen (secondary N) is 2. The third kappa shape index (κ3) is 6.91. The van der Waals surface area contributed by atoms with Crippen LogP contribution >= 0.6 is 11.8 Å². The number of benzene rings is 2. The lowest BCUT2D eigenvalue weighted by Crippen LogP contribution is -2.16. The third-order valence-corrected chi connectivity index (χ3v) is 7.42. The number of anilines is 2. The predicted octanol–water partition coefficient (Wildman–Crippen LogP) is 4.64. The summed E-state index contributed by atoms with van der Waals surface area (Å²) < 4.78 is 27.5. The number of hydrogen-bond acceptors (Lipinski definition) is 8. The summed E-state index contributed by atoms with van der Waals surface area (Å²) in [7, 11) is -3.87. The van der Waals surface area contributed by atoms with Gasteiger partial charge >= 0.3 is 0 Å². The molecule has 4 aromatic rings. The number of hydrogen-bond donors (Lipinski definition) is 2. The van der Waals surface area contributed by atoms with E-state index < -0.39 is 10.0 Å². The summed E-state index contributed by atoms with van der Waals surface area (Å²) in [5.74, 6) is 0.156. The van der Waals surface area contributed by atoms with Crippen LogP contribution in [0.3, 0.4) is 0 Å². The fourth-order valence-electron chi connectivity index (χ4n) is 3.26. The SMILES string of the molecule is Cc1ccnc(NS(=O)(=O)c2ccc(NC(=O)CCSc3nc(-c4ccccc4)ccc3C#N)cc2)n1. The highest BCUT2D eigenvalue weighted by molar-refractivity contribution is 7.99. The van der Waals surface area contributed by atoms with Gasteiger partial charge in [-0.05, 0) is 49.4 Å². The van der Waals surface area contributed by atoms with E-state index in [0.29, 0.717) is 27.7 Å². The van der Waals surface area contributed by atoms with Crippen LogP contribution in [0.2, 0.25) is 0 Å². The maximum Gasteiger partial charge on any atom is 0.264 e. The van der Waals surface area contributed by atoms with Crippen molar-refractivity contribution in [1.29, 1.82) is 5.26 Å². The Kier molecular flexibility index (Phi) is 8.12. The van der Waals surface area contributed by atoms with Crippen LogP contribution in [0, 0.1) is 18.3 Å². The Morgan fingerprint density at radius 2 is 1.76 bits per heavy atom. The van der Waals surface area contributed by atoms with E-state index in [2.05, 4.69) is 31.1 Å². The van der Waals surface area contributed by atoms with Crippen molar-refractivity contribution in [2.24, 2.45) is 0 Å². The Labute approximate surface area is 219 Å².